The van der Waals surface area contributed by atoms with Crippen LogP contribution in [0.2, 0.25) is 10.0 Å². The van der Waals surface area contributed by atoms with E-state index in [-0.39, 0.29) is 17.0 Å². The fraction of sp³-hybridized carbons (Fsp3) is 0.205. The highest BCUT2D eigenvalue weighted by molar-refractivity contribution is 6.35. The molecule has 1 amide bonds. The van der Waals surface area contributed by atoms with Crippen molar-refractivity contribution in [3.05, 3.63) is 123 Å². The zero-order valence-corrected chi connectivity index (χ0v) is 29.1. The third-order valence-corrected chi connectivity index (χ3v) is 9.33. The van der Waals surface area contributed by atoms with Crippen LogP contribution in [0.5, 0.6) is 23.0 Å². The van der Waals surface area contributed by atoms with Gasteiger partial charge in [0, 0.05) is 52.6 Å². The number of hydrogen-bond donors (Lipinski definition) is 1. The number of amides is 1. The van der Waals surface area contributed by atoms with E-state index in [2.05, 4.69) is 15.2 Å². The summed E-state index contributed by atoms with van der Waals surface area (Å²) in [5.74, 6) is -0.104. The van der Waals surface area contributed by atoms with E-state index in [9.17, 15) is 9.59 Å². The Labute approximate surface area is 303 Å². The number of likely N-dealkylation sites (tertiary alicyclic amines) is 1. The van der Waals surface area contributed by atoms with Crippen molar-refractivity contribution in [1.29, 1.82) is 0 Å². The lowest BCUT2D eigenvalue weighted by atomic mass is 10.1. The number of pyridine rings is 2. The van der Waals surface area contributed by atoms with Crippen molar-refractivity contribution in [3.8, 4) is 28.7 Å². The van der Waals surface area contributed by atoms with Crippen LogP contribution >= 0.6 is 23.2 Å². The molecule has 0 radical (unpaired) electrons. The number of ether oxygens (including phenoxy) is 3. The summed E-state index contributed by atoms with van der Waals surface area (Å²) in [6.07, 6.45) is 6.38. The van der Waals surface area contributed by atoms with Crippen LogP contribution in [-0.4, -0.2) is 53.7 Å². The number of benzene rings is 4. The Balaban J connectivity index is 1.10. The largest absolute Gasteiger partial charge is 0.493 e. The van der Waals surface area contributed by atoms with Crippen molar-refractivity contribution in [3.63, 3.8) is 0 Å². The molecule has 0 unspecified atom stereocenters. The van der Waals surface area contributed by atoms with Gasteiger partial charge >= 0.3 is 0 Å². The highest BCUT2D eigenvalue weighted by Crippen LogP contribution is 2.38. The molecule has 7 rings (SSSR count). The molecule has 1 fully saturated rings. The van der Waals surface area contributed by atoms with Crippen molar-refractivity contribution in [1.82, 2.24) is 14.5 Å². The average Bonchev–Trinajstić information content (AvgIpc) is 3.65. The summed E-state index contributed by atoms with van der Waals surface area (Å²) in [6, 6.07) is 21.0. The summed E-state index contributed by atoms with van der Waals surface area (Å²) in [7, 11) is 1.56. The molecule has 1 saturated heterocycles. The van der Waals surface area contributed by atoms with Crippen molar-refractivity contribution in [2.24, 2.45) is 0 Å². The second-order valence-electron chi connectivity index (χ2n) is 12.1. The second-order valence-corrected chi connectivity index (χ2v) is 13.0. The van der Waals surface area contributed by atoms with E-state index in [0.29, 0.717) is 61.4 Å². The summed E-state index contributed by atoms with van der Waals surface area (Å²) in [5, 5.41) is 4.32. The Bertz CT molecular complexity index is 2330. The van der Waals surface area contributed by atoms with Crippen molar-refractivity contribution >= 4 is 56.6 Å². The van der Waals surface area contributed by atoms with E-state index in [4.69, 9.17) is 37.4 Å². The van der Waals surface area contributed by atoms with E-state index in [1.807, 2.05) is 0 Å². The Morgan fingerprint density at radius 2 is 1.75 bits per heavy atom. The van der Waals surface area contributed by atoms with Crippen LogP contribution in [0.1, 0.15) is 29.6 Å². The van der Waals surface area contributed by atoms with Gasteiger partial charge in [0.25, 0.3) is 5.91 Å². The maximum absolute atomic E-state index is 15.5. The van der Waals surface area contributed by atoms with Crippen LogP contribution in [0, 0.1) is 5.82 Å². The summed E-state index contributed by atoms with van der Waals surface area (Å²) in [4.78, 5) is 33.9. The number of rotatable bonds is 11. The van der Waals surface area contributed by atoms with Crippen LogP contribution in [-0.2, 0) is 0 Å². The minimum Gasteiger partial charge on any atom is -0.493 e. The Kier molecular flexibility index (Phi) is 10.1. The number of carbonyl (C=O) groups is 1. The standard InChI is InChI=1S/C39H33Cl2FN4O5/c1-49-36-21-27-31(22-37(36)50-18-6-17-45-15-4-5-16-45)43-14-13-34(27)51-35-12-10-25(20-30(35)42)44-39(48)28-23-46(33-11-9-24(40)19-29(33)41)32-8-3-2-7-26(32)38(28)47/h2-3,7-14,19-23H,4-6,15-18H2,1H3,(H,44,48). The molecule has 0 atom stereocenters. The van der Waals surface area contributed by atoms with E-state index < -0.39 is 17.2 Å². The number of hydrogen-bond acceptors (Lipinski definition) is 7. The van der Waals surface area contributed by atoms with Gasteiger partial charge in [0.1, 0.15) is 11.3 Å². The number of nitrogens with one attached hydrogen (secondary N) is 1. The van der Waals surface area contributed by atoms with Gasteiger partial charge < -0.3 is 29.0 Å². The number of anilines is 1. The van der Waals surface area contributed by atoms with Crippen LogP contribution in [0.15, 0.2) is 96.1 Å². The predicted molar refractivity (Wildman–Crippen MR) is 198 cm³/mol. The van der Waals surface area contributed by atoms with Gasteiger partial charge in [0.15, 0.2) is 23.1 Å². The normalized spacial score (nSPS) is 13.1. The molecule has 0 spiro atoms. The number of halogens is 3. The summed E-state index contributed by atoms with van der Waals surface area (Å²) < 4.78 is 34.8. The van der Waals surface area contributed by atoms with E-state index in [0.717, 1.165) is 32.1 Å². The zero-order valence-electron chi connectivity index (χ0n) is 27.6. The molecule has 1 N–H and O–H groups in total. The summed E-state index contributed by atoms with van der Waals surface area (Å²) in [6.45, 7) is 3.80. The van der Waals surface area contributed by atoms with Gasteiger partial charge in [-0.25, -0.2) is 4.39 Å². The molecular weight excluding hydrogens is 694 g/mol. The maximum atomic E-state index is 15.5. The highest BCUT2D eigenvalue weighted by atomic mass is 35.5. The minimum absolute atomic E-state index is 0.0767. The Morgan fingerprint density at radius 1 is 0.922 bits per heavy atom. The molecule has 1 aliphatic heterocycles. The molecule has 6 aromatic rings. The molecule has 4 aromatic carbocycles. The third-order valence-electron chi connectivity index (χ3n) is 8.80. The summed E-state index contributed by atoms with van der Waals surface area (Å²) in [5.41, 5.74) is 1.15. The quantitative estimate of drug-likeness (QED) is 0.133. The number of fused-ring (bicyclic) bond motifs is 2. The fourth-order valence-electron chi connectivity index (χ4n) is 6.26. The molecule has 1 aliphatic rings. The molecule has 0 saturated carbocycles. The zero-order chi connectivity index (χ0) is 35.5. The molecule has 2 aromatic heterocycles. The van der Waals surface area contributed by atoms with Gasteiger partial charge in [-0.1, -0.05) is 35.3 Å². The third kappa shape index (κ3) is 7.35. The smallest absolute Gasteiger partial charge is 0.261 e. The molecule has 260 valence electrons. The van der Waals surface area contributed by atoms with Gasteiger partial charge in [-0.3, -0.25) is 14.6 Å². The first-order valence-corrected chi connectivity index (χ1v) is 17.2. The number of aromatic nitrogens is 2. The van der Waals surface area contributed by atoms with Gasteiger partial charge in [-0.15, -0.1) is 0 Å². The van der Waals surface area contributed by atoms with E-state index in [1.54, 1.807) is 78.5 Å². The first-order chi connectivity index (χ1) is 24.8. The Hall–Kier alpha value is -5.16. The van der Waals surface area contributed by atoms with Crippen LogP contribution in [0.3, 0.4) is 0 Å². The topological polar surface area (TPSA) is 94.9 Å². The molecular formula is C39H33Cl2FN4O5. The van der Waals surface area contributed by atoms with Crippen molar-refractivity contribution < 1.29 is 23.4 Å². The lowest BCUT2D eigenvalue weighted by Crippen LogP contribution is -2.23. The average molecular weight is 728 g/mol. The number of methoxy groups -OCH3 is 1. The monoisotopic (exact) mass is 726 g/mol. The predicted octanol–water partition coefficient (Wildman–Crippen LogP) is 8.90. The molecule has 51 heavy (non-hydrogen) atoms. The second kappa shape index (κ2) is 15.0. The maximum Gasteiger partial charge on any atom is 0.261 e. The highest BCUT2D eigenvalue weighted by Gasteiger charge is 2.19. The fourth-order valence-corrected chi connectivity index (χ4v) is 6.76. The lowest BCUT2D eigenvalue weighted by molar-refractivity contribution is 0.102. The van der Waals surface area contributed by atoms with Gasteiger partial charge in [0.05, 0.1) is 35.5 Å². The number of nitrogens with zero attached hydrogens (tertiary/aromatic N) is 3. The first-order valence-electron chi connectivity index (χ1n) is 16.5. The SMILES string of the molecule is COc1cc2c(Oc3ccc(NC(=O)c4cn(-c5ccc(Cl)cc5Cl)c5ccccc5c4=O)cc3F)ccnc2cc1OCCCN1CCCC1. The Morgan fingerprint density at radius 3 is 2.53 bits per heavy atom. The van der Waals surface area contributed by atoms with Crippen LogP contribution < -0.4 is 25.0 Å². The molecule has 3 heterocycles. The van der Waals surface area contributed by atoms with Gasteiger partial charge in [-0.2, -0.15) is 0 Å². The molecule has 0 aliphatic carbocycles. The molecule has 9 nitrogen and oxygen atoms in total. The van der Waals surface area contributed by atoms with Crippen LogP contribution in [0.25, 0.3) is 27.5 Å². The number of carbonyl (C=O) groups excluding carboxylic acids is 1. The van der Waals surface area contributed by atoms with E-state index >= 15 is 4.39 Å². The van der Waals surface area contributed by atoms with Gasteiger partial charge in [-0.05, 0) is 86.9 Å². The lowest BCUT2D eigenvalue weighted by Gasteiger charge is -2.16. The first kappa shape index (κ1) is 34.3. The summed E-state index contributed by atoms with van der Waals surface area (Å²) >= 11 is 12.6. The van der Waals surface area contributed by atoms with Gasteiger partial charge in [0.2, 0.25) is 5.43 Å². The minimum atomic E-state index is -0.730. The van der Waals surface area contributed by atoms with Crippen molar-refractivity contribution in [2.75, 3.05) is 38.7 Å². The molecule has 12 heteroatoms. The number of para-hydroxylation sites is 1. The molecule has 0 bridgehead atoms. The van der Waals surface area contributed by atoms with Crippen LogP contribution in [0.4, 0.5) is 10.1 Å². The van der Waals surface area contributed by atoms with Crippen molar-refractivity contribution in [2.45, 2.75) is 19.3 Å². The van der Waals surface area contributed by atoms with E-state index in [1.165, 1.54) is 31.2 Å².